The largest absolute Gasteiger partial charge is 0.478 e. The van der Waals surface area contributed by atoms with E-state index < -0.39 is 17.6 Å². The molecular weight excluding hydrogens is 320 g/mol. The third-order valence-electron chi connectivity index (χ3n) is 2.92. The van der Waals surface area contributed by atoms with Crippen molar-refractivity contribution in [1.82, 2.24) is 4.98 Å². The van der Waals surface area contributed by atoms with E-state index in [1.54, 1.807) is 12.1 Å². The van der Waals surface area contributed by atoms with Crippen molar-refractivity contribution in [2.45, 2.75) is 0 Å². The van der Waals surface area contributed by atoms with Gasteiger partial charge in [-0.25, -0.2) is 18.6 Å². The molecule has 0 unspecified atom stereocenters. The zero-order valence-corrected chi connectivity index (χ0v) is 11.8. The molecule has 21 heavy (non-hydrogen) atoms. The average Bonchev–Trinajstić information content (AvgIpc) is 2.88. The van der Waals surface area contributed by atoms with Crippen molar-refractivity contribution in [1.29, 1.82) is 0 Å². The summed E-state index contributed by atoms with van der Waals surface area (Å²) in [7, 11) is 0. The minimum Gasteiger partial charge on any atom is -0.478 e. The van der Waals surface area contributed by atoms with Crippen LogP contribution in [0.4, 0.5) is 8.78 Å². The Labute approximate surface area is 126 Å². The summed E-state index contributed by atoms with van der Waals surface area (Å²) in [5.41, 5.74) is -0.410. The predicted molar refractivity (Wildman–Crippen MR) is 76.9 cm³/mol. The maximum Gasteiger partial charge on any atom is 0.336 e. The number of benzene rings is 1. The van der Waals surface area contributed by atoms with E-state index >= 15 is 0 Å². The number of rotatable bonds is 2. The lowest BCUT2D eigenvalue weighted by atomic mass is 10.1. The van der Waals surface area contributed by atoms with Crippen LogP contribution in [0.5, 0.6) is 0 Å². The lowest BCUT2D eigenvalue weighted by molar-refractivity contribution is 0.0698. The molecule has 0 fully saturated rings. The lowest BCUT2D eigenvalue weighted by Crippen LogP contribution is -2.03. The molecule has 0 aliphatic heterocycles. The second kappa shape index (κ2) is 5.05. The molecule has 7 heteroatoms. The van der Waals surface area contributed by atoms with Gasteiger partial charge >= 0.3 is 5.97 Å². The van der Waals surface area contributed by atoms with Crippen molar-refractivity contribution in [3.8, 4) is 10.6 Å². The summed E-state index contributed by atoms with van der Waals surface area (Å²) in [6.45, 7) is 0. The summed E-state index contributed by atoms with van der Waals surface area (Å²) in [4.78, 5) is 15.9. The molecule has 106 valence electrons. The molecule has 0 spiro atoms. The van der Waals surface area contributed by atoms with E-state index in [2.05, 4.69) is 4.98 Å². The molecule has 0 aliphatic rings. The Bertz CT molecular complexity index is 879. The molecule has 3 aromatic rings. The topological polar surface area (TPSA) is 50.2 Å². The number of aromatic carboxylic acids is 1. The summed E-state index contributed by atoms with van der Waals surface area (Å²) in [6.07, 6.45) is 0. The first kappa shape index (κ1) is 13.9. The normalized spacial score (nSPS) is 11.0. The first-order chi connectivity index (χ1) is 9.97. The predicted octanol–water partition coefficient (Wildman–Crippen LogP) is 4.59. The number of carbonyl (C=O) groups is 1. The Morgan fingerprint density at radius 2 is 1.90 bits per heavy atom. The van der Waals surface area contributed by atoms with Gasteiger partial charge in [0.15, 0.2) is 0 Å². The van der Waals surface area contributed by atoms with Gasteiger partial charge in [0.2, 0.25) is 0 Å². The molecule has 0 bridgehead atoms. The van der Waals surface area contributed by atoms with Crippen LogP contribution in [0.15, 0.2) is 30.3 Å². The van der Waals surface area contributed by atoms with Crippen molar-refractivity contribution in [3.05, 3.63) is 51.9 Å². The smallest absolute Gasteiger partial charge is 0.336 e. The van der Waals surface area contributed by atoms with Gasteiger partial charge in [0, 0.05) is 0 Å². The number of aromatic nitrogens is 1. The molecule has 0 radical (unpaired) electrons. The average molecular weight is 326 g/mol. The third-order valence-corrected chi connectivity index (χ3v) is 4.17. The van der Waals surface area contributed by atoms with Crippen molar-refractivity contribution in [2.24, 2.45) is 0 Å². The molecular formula is C14H6ClF2NO2S. The van der Waals surface area contributed by atoms with Gasteiger partial charge < -0.3 is 5.11 Å². The number of nitrogens with zero attached hydrogens (tertiary/aromatic N) is 1. The van der Waals surface area contributed by atoms with Crippen molar-refractivity contribution in [2.75, 3.05) is 0 Å². The molecule has 1 N–H and O–H groups in total. The summed E-state index contributed by atoms with van der Waals surface area (Å²) in [5, 5.41) is 8.90. The second-order valence-corrected chi connectivity index (χ2v) is 5.93. The molecule has 3 nitrogen and oxygen atoms in total. The summed E-state index contributed by atoms with van der Waals surface area (Å²) in [6, 6.07) is 6.28. The zero-order valence-electron chi connectivity index (χ0n) is 10.2. The van der Waals surface area contributed by atoms with E-state index in [0.29, 0.717) is 9.21 Å². The van der Waals surface area contributed by atoms with Gasteiger partial charge in [0.1, 0.15) is 17.2 Å². The van der Waals surface area contributed by atoms with Crippen LogP contribution in [0.1, 0.15) is 10.4 Å². The maximum absolute atomic E-state index is 13.9. The van der Waals surface area contributed by atoms with Crippen LogP contribution < -0.4 is 0 Å². The number of thiophene rings is 1. The summed E-state index contributed by atoms with van der Waals surface area (Å²) < 4.78 is 28.2. The number of halogens is 3. The minimum absolute atomic E-state index is 0.237. The molecule has 2 aromatic heterocycles. The molecule has 0 atom stereocenters. The lowest BCUT2D eigenvalue weighted by Gasteiger charge is -2.07. The minimum atomic E-state index is -1.35. The Morgan fingerprint density at radius 3 is 2.52 bits per heavy atom. The van der Waals surface area contributed by atoms with Crippen LogP contribution in [-0.4, -0.2) is 16.1 Å². The van der Waals surface area contributed by atoms with Crippen molar-refractivity contribution < 1.29 is 18.7 Å². The Balaban J connectivity index is 2.40. The fraction of sp³-hybridized carbons (Fsp3) is 0. The van der Waals surface area contributed by atoms with Gasteiger partial charge in [-0.15, -0.1) is 11.3 Å². The quantitative estimate of drug-likeness (QED) is 0.749. The van der Waals surface area contributed by atoms with Crippen LogP contribution in [0.25, 0.3) is 21.5 Å². The summed E-state index contributed by atoms with van der Waals surface area (Å²) in [5.74, 6) is -2.96. The molecule has 2 heterocycles. The van der Waals surface area contributed by atoms with E-state index in [-0.39, 0.29) is 22.2 Å². The van der Waals surface area contributed by atoms with Crippen LogP contribution in [0.3, 0.4) is 0 Å². The highest BCUT2D eigenvalue weighted by Gasteiger charge is 2.19. The van der Waals surface area contributed by atoms with E-state index in [9.17, 15) is 18.7 Å². The molecule has 1 aromatic carbocycles. The van der Waals surface area contributed by atoms with Crippen LogP contribution in [0, 0.1) is 11.6 Å². The van der Waals surface area contributed by atoms with E-state index in [0.717, 1.165) is 12.1 Å². The highest BCUT2D eigenvalue weighted by Crippen LogP contribution is 2.33. The van der Waals surface area contributed by atoms with Gasteiger partial charge in [-0.05, 0) is 30.3 Å². The van der Waals surface area contributed by atoms with Gasteiger partial charge in [-0.2, -0.15) is 0 Å². The monoisotopic (exact) mass is 325 g/mol. The van der Waals surface area contributed by atoms with E-state index in [1.807, 2.05) is 0 Å². The Kier molecular flexibility index (Phi) is 3.35. The number of hydrogen-bond donors (Lipinski definition) is 1. The SMILES string of the molecule is O=C(O)c1cc(-c2ccc(Cl)s2)nc2c(F)ccc(F)c12. The van der Waals surface area contributed by atoms with Crippen LogP contribution in [-0.2, 0) is 0 Å². The second-order valence-electron chi connectivity index (χ2n) is 4.22. The summed E-state index contributed by atoms with van der Waals surface area (Å²) >= 11 is 7.00. The number of pyridine rings is 1. The first-order valence-electron chi connectivity index (χ1n) is 5.75. The fourth-order valence-corrected chi connectivity index (χ4v) is 3.02. The van der Waals surface area contributed by atoms with Crippen LogP contribution in [0.2, 0.25) is 4.34 Å². The number of carboxylic acid groups (broad SMARTS) is 1. The molecule has 0 aliphatic carbocycles. The van der Waals surface area contributed by atoms with Gasteiger partial charge in [0.05, 0.1) is 25.9 Å². The van der Waals surface area contributed by atoms with E-state index in [4.69, 9.17) is 11.6 Å². The number of hydrogen-bond acceptors (Lipinski definition) is 3. The number of carboxylic acids is 1. The molecule has 0 saturated heterocycles. The van der Waals surface area contributed by atoms with Gasteiger partial charge in [-0.1, -0.05) is 11.6 Å². The van der Waals surface area contributed by atoms with Crippen LogP contribution >= 0.6 is 22.9 Å². The zero-order chi connectivity index (χ0) is 15.1. The molecule has 0 amide bonds. The Morgan fingerprint density at radius 1 is 1.19 bits per heavy atom. The molecule has 0 saturated carbocycles. The third kappa shape index (κ3) is 2.36. The highest BCUT2D eigenvalue weighted by atomic mass is 35.5. The van der Waals surface area contributed by atoms with Gasteiger partial charge in [-0.3, -0.25) is 0 Å². The fourth-order valence-electron chi connectivity index (χ4n) is 2.02. The highest BCUT2D eigenvalue weighted by molar-refractivity contribution is 7.19. The van der Waals surface area contributed by atoms with E-state index in [1.165, 1.54) is 17.4 Å². The molecule has 3 rings (SSSR count). The first-order valence-corrected chi connectivity index (χ1v) is 6.94. The number of fused-ring (bicyclic) bond motifs is 1. The van der Waals surface area contributed by atoms with Gasteiger partial charge in [0.25, 0.3) is 0 Å². The van der Waals surface area contributed by atoms with Crippen molar-refractivity contribution >= 4 is 39.8 Å². The maximum atomic E-state index is 13.9. The standard InChI is InChI=1S/C14H6ClF2NO2S/c15-11-4-3-10(21-11)9-5-6(14(19)20)12-7(16)1-2-8(17)13(12)18-9/h1-5H,(H,19,20). The van der Waals surface area contributed by atoms with Crippen molar-refractivity contribution in [3.63, 3.8) is 0 Å². The Hall–Kier alpha value is -2.05.